The van der Waals surface area contributed by atoms with Crippen LogP contribution in [-0.4, -0.2) is 27.2 Å². The van der Waals surface area contributed by atoms with Gasteiger partial charge in [-0.05, 0) is 62.0 Å². The lowest BCUT2D eigenvalue weighted by Crippen LogP contribution is -2.53. The fourth-order valence-electron chi connectivity index (χ4n) is 4.45. The molecule has 1 aliphatic heterocycles. The third kappa shape index (κ3) is 2.82. The minimum atomic E-state index is -3.42. The summed E-state index contributed by atoms with van der Waals surface area (Å²) in [5.74, 6) is 1.60. The van der Waals surface area contributed by atoms with E-state index in [0.29, 0.717) is 28.8 Å². The number of sulfonamides is 1. The molecule has 1 heterocycles. The number of benzene rings is 1. The lowest BCUT2D eigenvalue weighted by Gasteiger charge is -2.48. The molecule has 0 amide bonds. The van der Waals surface area contributed by atoms with Crippen LogP contribution in [0.3, 0.4) is 0 Å². The Bertz CT molecular complexity index is 619. The van der Waals surface area contributed by atoms with Gasteiger partial charge in [0.05, 0.1) is 17.6 Å². The highest BCUT2D eigenvalue weighted by Crippen LogP contribution is 2.48. The van der Waals surface area contributed by atoms with Crippen molar-refractivity contribution in [3.63, 3.8) is 0 Å². The zero-order valence-electron chi connectivity index (χ0n) is 12.6. The number of fused-ring (bicyclic) bond motifs is 3. The minimum absolute atomic E-state index is 0.0851. The number of rotatable bonds is 5. The molecule has 3 saturated carbocycles. The molecule has 4 nitrogen and oxygen atoms in total. The fraction of sp³-hybridized carbons (Fsp3) is 0.647. The smallest absolute Gasteiger partial charge is 0.240 e. The van der Waals surface area contributed by atoms with Crippen LogP contribution < -0.4 is 4.72 Å². The summed E-state index contributed by atoms with van der Waals surface area (Å²) in [6, 6.07) is 8.82. The second kappa shape index (κ2) is 5.62. The Kier molecular flexibility index (Phi) is 3.75. The van der Waals surface area contributed by atoms with Crippen molar-refractivity contribution < 1.29 is 13.2 Å². The van der Waals surface area contributed by atoms with Crippen molar-refractivity contribution >= 4 is 10.0 Å². The summed E-state index contributed by atoms with van der Waals surface area (Å²) in [4.78, 5) is 0.373. The normalized spacial score (nSPS) is 37.2. The SMILES string of the molecule is O=S(=O)(NC1C2CCC(CC2)C1CC1CO1)c1ccccc1. The summed E-state index contributed by atoms with van der Waals surface area (Å²) in [6.07, 6.45) is 6.22. The highest BCUT2D eigenvalue weighted by Gasteiger charge is 2.47. The van der Waals surface area contributed by atoms with Gasteiger partial charge in [-0.25, -0.2) is 13.1 Å². The standard InChI is InChI=1S/C17H23NO3S/c19-22(20,15-4-2-1-3-5-15)18-17-13-8-6-12(7-9-13)16(17)10-14-11-21-14/h1-5,12-14,16-18H,6-11H2. The van der Waals surface area contributed by atoms with Gasteiger partial charge in [-0.2, -0.15) is 0 Å². The van der Waals surface area contributed by atoms with Gasteiger partial charge >= 0.3 is 0 Å². The van der Waals surface area contributed by atoms with E-state index in [0.717, 1.165) is 25.9 Å². The van der Waals surface area contributed by atoms with Gasteiger partial charge < -0.3 is 4.74 Å². The lowest BCUT2D eigenvalue weighted by atomic mass is 9.61. The van der Waals surface area contributed by atoms with E-state index in [-0.39, 0.29) is 6.04 Å². The topological polar surface area (TPSA) is 58.7 Å². The third-order valence-electron chi connectivity index (χ3n) is 5.67. The summed E-state index contributed by atoms with van der Waals surface area (Å²) >= 11 is 0. The van der Waals surface area contributed by atoms with Crippen LogP contribution in [0.2, 0.25) is 0 Å². The van der Waals surface area contributed by atoms with Crippen molar-refractivity contribution in [3.05, 3.63) is 30.3 Å². The highest BCUT2D eigenvalue weighted by atomic mass is 32.2. The van der Waals surface area contributed by atoms with Crippen LogP contribution in [0.5, 0.6) is 0 Å². The average Bonchev–Trinajstić information content (AvgIpc) is 3.35. The molecule has 3 atom stereocenters. The molecule has 1 aromatic rings. The Morgan fingerprint density at radius 2 is 1.68 bits per heavy atom. The van der Waals surface area contributed by atoms with Crippen molar-refractivity contribution in [1.29, 1.82) is 0 Å². The molecule has 1 aromatic carbocycles. The van der Waals surface area contributed by atoms with Gasteiger partial charge in [0, 0.05) is 6.04 Å². The van der Waals surface area contributed by atoms with Crippen LogP contribution in [0.4, 0.5) is 0 Å². The monoisotopic (exact) mass is 321 g/mol. The Labute approximate surface area is 132 Å². The van der Waals surface area contributed by atoms with Crippen LogP contribution >= 0.6 is 0 Å². The molecular formula is C17H23NO3S. The summed E-state index contributed by atoms with van der Waals surface area (Å²) in [7, 11) is -3.42. The number of epoxide rings is 1. The zero-order chi connectivity index (χ0) is 15.2. The maximum Gasteiger partial charge on any atom is 0.240 e. The number of hydrogen-bond donors (Lipinski definition) is 1. The molecule has 2 bridgehead atoms. The Balaban J connectivity index is 1.56. The molecule has 22 heavy (non-hydrogen) atoms. The first-order chi connectivity index (χ1) is 10.6. The molecule has 120 valence electrons. The molecule has 5 heteroatoms. The van der Waals surface area contributed by atoms with Gasteiger partial charge in [0.25, 0.3) is 0 Å². The zero-order valence-corrected chi connectivity index (χ0v) is 13.5. The molecule has 0 aromatic heterocycles. The summed E-state index contributed by atoms with van der Waals surface area (Å²) in [5.41, 5.74) is 0. The van der Waals surface area contributed by atoms with E-state index in [2.05, 4.69) is 4.72 Å². The molecule has 1 N–H and O–H groups in total. The highest BCUT2D eigenvalue weighted by molar-refractivity contribution is 7.89. The number of hydrogen-bond acceptors (Lipinski definition) is 3. The predicted molar refractivity (Wildman–Crippen MR) is 83.8 cm³/mol. The van der Waals surface area contributed by atoms with Crippen LogP contribution in [0.1, 0.15) is 32.1 Å². The maximum atomic E-state index is 12.7. The molecule has 0 radical (unpaired) electrons. The van der Waals surface area contributed by atoms with E-state index in [1.54, 1.807) is 24.3 Å². The first kappa shape index (κ1) is 14.7. The van der Waals surface area contributed by atoms with Gasteiger partial charge in [-0.1, -0.05) is 18.2 Å². The van der Waals surface area contributed by atoms with E-state index >= 15 is 0 Å². The largest absolute Gasteiger partial charge is 0.373 e. The molecule has 0 spiro atoms. The van der Waals surface area contributed by atoms with Crippen LogP contribution in [-0.2, 0) is 14.8 Å². The average molecular weight is 321 g/mol. The quantitative estimate of drug-likeness (QED) is 0.848. The summed E-state index contributed by atoms with van der Waals surface area (Å²) < 4.78 is 33.8. The van der Waals surface area contributed by atoms with Crippen LogP contribution in [0, 0.1) is 17.8 Å². The Morgan fingerprint density at radius 1 is 1.05 bits per heavy atom. The van der Waals surface area contributed by atoms with E-state index in [4.69, 9.17) is 4.74 Å². The third-order valence-corrected chi connectivity index (χ3v) is 7.15. The van der Waals surface area contributed by atoms with Gasteiger partial charge in [0.15, 0.2) is 0 Å². The molecule has 4 aliphatic rings. The molecule has 5 rings (SSSR count). The van der Waals surface area contributed by atoms with Gasteiger partial charge in [-0.15, -0.1) is 0 Å². The minimum Gasteiger partial charge on any atom is -0.373 e. The van der Waals surface area contributed by atoms with Gasteiger partial charge in [0.1, 0.15) is 0 Å². The second-order valence-electron chi connectivity index (χ2n) is 6.99. The number of ether oxygens (including phenoxy) is 1. The predicted octanol–water partition coefficient (Wildman–Crippen LogP) is 2.56. The van der Waals surface area contributed by atoms with E-state index < -0.39 is 10.0 Å². The van der Waals surface area contributed by atoms with Crippen molar-refractivity contribution in [2.45, 2.75) is 49.1 Å². The van der Waals surface area contributed by atoms with Gasteiger partial charge in [0.2, 0.25) is 10.0 Å². The summed E-state index contributed by atoms with van der Waals surface area (Å²) in [5, 5.41) is 0. The van der Waals surface area contributed by atoms with E-state index in [1.165, 1.54) is 12.8 Å². The van der Waals surface area contributed by atoms with Crippen LogP contribution in [0.15, 0.2) is 35.2 Å². The molecular weight excluding hydrogens is 298 g/mol. The number of nitrogens with one attached hydrogen (secondary N) is 1. The van der Waals surface area contributed by atoms with Crippen molar-refractivity contribution in [2.75, 3.05) is 6.61 Å². The Hall–Kier alpha value is -0.910. The lowest BCUT2D eigenvalue weighted by molar-refractivity contribution is 0.0524. The van der Waals surface area contributed by atoms with E-state index in [1.807, 2.05) is 6.07 Å². The van der Waals surface area contributed by atoms with Crippen LogP contribution in [0.25, 0.3) is 0 Å². The molecule has 4 fully saturated rings. The fourth-order valence-corrected chi connectivity index (χ4v) is 5.83. The van der Waals surface area contributed by atoms with Crippen molar-refractivity contribution in [3.8, 4) is 0 Å². The molecule has 3 unspecified atom stereocenters. The van der Waals surface area contributed by atoms with Gasteiger partial charge in [-0.3, -0.25) is 0 Å². The molecule has 3 aliphatic carbocycles. The molecule has 1 saturated heterocycles. The Morgan fingerprint density at radius 3 is 2.32 bits per heavy atom. The summed E-state index contributed by atoms with van der Waals surface area (Å²) in [6.45, 7) is 0.853. The maximum absolute atomic E-state index is 12.7. The van der Waals surface area contributed by atoms with Crippen molar-refractivity contribution in [2.24, 2.45) is 17.8 Å². The second-order valence-corrected chi connectivity index (χ2v) is 8.70. The van der Waals surface area contributed by atoms with E-state index in [9.17, 15) is 8.42 Å². The first-order valence-corrected chi connectivity index (χ1v) is 9.81. The van der Waals surface area contributed by atoms with Crippen molar-refractivity contribution in [1.82, 2.24) is 4.72 Å². The first-order valence-electron chi connectivity index (χ1n) is 8.32.